The molecule has 1 aromatic rings. The molecule has 1 N–H and O–H groups in total. The third-order valence-corrected chi connectivity index (χ3v) is 0.961. The lowest BCUT2D eigenvalue weighted by Gasteiger charge is -1.86. The van der Waals surface area contributed by atoms with E-state index in [2.05, 4.69) is 10.3 Å². The quantitative estimate of drug-likeness (QED) is 0.639. The second-order valence-electron chi connectivity index (χ2n) is 1.67. The molecule has 1 rings (SSSR count). The van der Waals surface area contributed by atoms with Gasteiger partial charge in [-0.15, -0.1) is 12.4 Å². The molecule has 4 heteroatoms. The van der Waals surface area contributed by atoms with Crippen LogP contribution >= 0.6 is 12.4 Å². The Balaban J connectivity index is 0.000000640. The van der Waals surface area contributed by atoms with Gasteiger partial charge in [-0.2, -0.15) is 0 Å². The number of nitrogens with one attached hydrogen (secondary N) is 1. The number of anilines is 1. The number of aromatic nitrogens is 2. The molecule has 0 fully saturated rings. The fourth-order valence-electron chi connectivity index (χ4n) is 0.542. The van der Waals surface area contributed by atoms with Gasteiger partial charge in [0.2, 0.25) is 0 Å². The summed E-state index contributed by atoms with van der Waals surface area (Å²) in [5.74, 6) is 0.910. The van der Waals surface area contributed by atoms with E-state index in [0.717, 1.165) is 5.82 Å². The molecule has 1 heterocycles. The first-order valence-electron chi connectivity index (χ1n) is 2.48. The van der Waals surface area contributed by atoms with E-state index in [4.69, 9.17) is 0 Å². The molecule has 0 spiro atoms. The molecular weight excluding hydrogens is 138 g/mol. The molecule has 0 bridgehead atoms. The minimum atomic E-state index is 0. The Kier molecular flexibility index (Phi) is 3.09. The van der Waals surface area contributed by atoms with Gasteiger partial charge in [-0.25, -0.2) is 4.98 Å². The monoisotopic (exact) mass is 147 g/mol. The van der Waals surface area contributed by atoms with Gasteiger partial charge >= 0.3 is 0 Å². The summed E-state index contributed by atoms with van der Waals surface area (Å²) in [6.45, 7) is 0. The SMILES string of the molecule is CNc1cn(C)cn1.Cl. The van der Waals surface area contributed by atoms with Gasteiger partial charge in [0.1, 0.15) is 5.82 Å². The van der Waals surface area contributed by atoms with Gasteiger partial charge in [-0.1, -0.05) is 0 Å². The van der Waals surface area contributed by atoms with Gasteiger partial charge < -0.3 is 9.88 Å². The van der Waals surface area contributed by atoms with Crippen LogP contribution in [-0.4, -0.2) is 16.6 Å². The highest BCUT2D eigenvalue weighted by Crippen LogP contribution is 1.96. The maximum absolute atomic E-state index is 3.99. The van der Waals surface area contributed by atoms with Crippen LogP contribution in [0.2, 0.25) is 0 Å². The molecule has 3 nitrogen and oxygen atoms in total. The zero-order chi connectivity index (χ0) is 5.98. The maximum Gasteiger partial charge on any atom is 0.143 e. The molecule has 0 aromatic carbocycles. The number of hydrogen-bond acceptors (Lipinski definition) is 2. The molecule has 0 radical (unpaired) electrons. The number of rotatable bonds is 1. The molecule has 1 aromatic heterocycles. The second-order valence-corrected chi connectivity index (χ2v) is 1.67. The Morgan fingerprint density at radius 3 is 2.56 bits per heavy atom. The first kappa shape index (κ1) is 8.30. The zero-order valence-corrected chi connectivity index (χ0v) is 6.27. The van der Waals surface area contributed by atoms with Gasteiger partial charge in [-0.3, -0.25) is 0 Å². The number of hydrogen-bond donors (Lipinski definition) is 1. The van der Waals surface area contributed by atoms with Gasteiger partial charge in [-0.05, 0) is 0 Å². The molecule has 0 saturated carbocycles. The molecule has 0 aliphatic rings. The van der Waals surface area contributed by atoms with Crippen LogP contribution in [0.4, 0.5) is 5.82 Å². The van der Waals surface area contributed by atoms with Crippen molar-refractivity contribution in [1.29, 1.82) is 0 Å². The van der Waals surface area contributed by atoms with Crippen LogP contribution < -0.4 is 5.32 Å². The molecular formula is C5H10ClN3. The van der Waals surface area contributed by atoms with E-state index in [9.17, 15) is 0 Å². The lowest BCUT2D eigenvalue weighted by atomic mass is 10.7. The summed E-state index contributed by atoms with van der Waals surface area (Å²) >= 11 is 0. The largest absolute Gasteiger partial charge is 0.372 e. The van der Waals surface area contributed by atoms with Crippen LogP contribution in [0.3, 0.4) is 0 Å². The molecule has 0 atom stereocenters. The second kappa shape index (κ2) is 3.35. The van der Waals surface area contributed by atoms with Gasteiger partial charge in [0.25, 0.3) is 0 Å². The highest BCUT2D eigenvalue weighted by Gasteiger charge is 1.86. The first-order valence-corrected chi connectivity index (χ1v) is 2.48. The van der Waals surface area contributed by atoms with E-state index in [1.807, 2.05) is 24.9 Å². The Morgan fingerprint density at radius 2 is 2.33 bits per heavy atom. The third kappa shape index (κ3) is 1.93. The van der Waals surface area contributed by atoms with E-state index < -0.39 is 0 Å². The van der Waals surface area contributed by atoms with Crippen molar-refractivity contribution in [3.05, 3.63) is 12.5 Å². The standard InChI is InChI=1S/C5H9N3.ClH/c1-6-5-3-8(2)4-7-5;/h3-4,6H,1-2H3;1H. The zero-order valence-electron chi connectivity index (χ0n) is 5.46. The molecule has 0 unspecified atom stereocenters. The Bertz CT molecular complexity index is 172. The molecule has 52 valence electrons. The number of imidazole rings is 1. The van der Waals surface area contributed by atoms with Crippen molar-refractivity contribution in [3.8, 4) is 0 Å². The van der Waals surface area contributed by atoms with E-state index in [0.29, 0.717) is 0 Å². The van der Waals surface area contributed by atoms with Crippen LogP contribution in [0.1, 0.15) is 0 Å². The van der Waals surface area contributed by atoms with Crippen LogP contribution in [0.25, 0.3) is 0 Å². The number of nitrogens with zero attached hydrogens (tertiary/aromatic N) is 2. The number of aryl methyl sites for hydroxylation is 1. The predicted octanol–water partition coefficient (Wildman–Crippen LogP) is 0.884. The molecule has 0 aliphatic carbocycles. The van der Waals surface area contributed by atoms with Crippen molar-refractivity contribution in [2.24, 2.45) is 7.05 Å². The summed E-state index contributed by atoms with van der Waals surface area (Å²) in [7, 11) is 3.79. The van der Waals surface area contributed by atoms with Crippen molar-refractivity contribution >= 4 is 18.2 Å². The van der Waals surface area contributed by atoms with Gasteiger partial charge in [0.05, 0.1) is 6.33 Å². The third-order valence-electron chi connectivity index (χ3n) is 0.961. The highest BCUT2D eigenvalue weighted by atomic mass is 35.5. The predicted molar refractivity (Wildman–Crippen MR) is 40.0 cm³/mol. The number of halogens is 1. The van der Waals surface area contributed by atoms with Crippen LogP contribution in [-0.2, 0) is 7.05 Å². The van der Waals surface area contributed by atoms with E-state index in [-0.39, 0.29) is 12.4 Å². The van der Waals surface area contributed by atoms with Crippen molar-refractivity contribution in [1.82, 2.24) is 9.55 Å². The summed E-state index contributed by atoms with van der Waals surface area (Å²) in [6.07, 6.45) is 3.67. The van der Waals surface area contributed by atoms with Crippen LogP contribution in [0.15, 0.2) is 12.5 Å². The molecule has 9 heavy (non-hydrogen) atoms. The Morgan fingerprint density at radius 1 is 1.67 bits per heavy atom. The fourth-order valence-corrected chi connectivity index (χ4v) is 0.542. The average Bonchev–Trinajstić information content (AvgIpc) is 2.14. The van der Waals surface area contributed by atoms with E-state index >= 15 is 0 Å². The van der Waals surface area contributed by atoms with Gasteiger partial charge in [0, 0.05) is 20.3 Å². The topological polar surface area (TPSA) is 29.9 Å². The lowest BCUT2D eigenvalue weighted by Crippen LogP contribution is -1.85. The van der Waals surface area contributed by atoms with Crippen molar-refractivity contribution in [2.45, 2.75) is 0 Å². The molecule has 0 aliphatic heterocycles. The highest BCUT2D eigenvalue weighted by molar-refractivity contribution is 5.85. The summed E-state index contributed by atoms with van der Waals surface area (Å²) in [5.41, 5.74) is 0. The van der Waals surface area contributed by atoms with E-state index in [1.54, 1.807) is 6.33 Å². The van der Waals surface area contributed by atoms with Crippen LogP contribution in [0.5, 0.6) is 0 Å². The Labute approximate surface area is 60.5 Å². The lowest BCUT2D eigenvalue weighted by molar-refractivity contribution is 0.913. The molecule has 0 amide bonds. The molecule has 0 saturated heterocycles. The van der Waals surface area contributed by atoms with Crippen molar-refractivity contribution < 1.29 is 0 Å². The first-order chi connectivity index (χ1) is 3.83. The summed E-state index contributed by atoms with van der Waals surface area (Å²) in [6, 6.07) is 0. The minimum absolute atomic E-state index is 0. The van der Waals surface area contributed by atoms with Crippen molar-refractivity contribution in [3.63, 3.8) is 0 Å². The maximum atomic E-state index is 3.99. The summed E-state index contributed by atoms with van der Waals surface area (Å²) in [5, 5.41) is 2.92. The Hall–Kier alpha value is -0.700. The average molecular weight is 148 g/mol. The smallest absolute Gasteiger partial charge is 0.143 e. The minimum Gasteiger partial charge on any atom is -0.372 e. The van der Waals surface area contributed by atoms with Crippen molar-refractivity contribution in [2.75, 3.05) is 12.4 Å². The van der Waals surface area contributed by atoms with Crippen LogP contribution in [0, 0.1) is 0 Å². The van der Waals surface area contributed by atoms with Gasteiger partial charge in [0.15, 0.2) is 0 Å². The van der Waals surface area contributed by atoms with E-state index in [1.165, 1.54) is 0 Å². The normalized spacial score (nSPS) is 8.22. The fraction of sp³-hybridized carbons (Fsp3) is 0.400. The summed E-state index contributed by atoms with van der Waals surface area (Å²) in [4.78, 5) is 3.99. The summed E-state index contributed by atoms with van der Waals surface area (Å²) < 4.78 is 1.89.